The van der Waals surface area contributed by atoms with Crippen LogP contribution in [0, 0.1) is 0 Å². The van der Waals surface area contributed by atoms with Gasteiger partial charge in [-0.15, -0.1) is 0 Å². The van der Waals surface area contributed by atoms with Crippen LogP contribution < -0.4 is 10.5 Å². The third kappa shape index (κ3) is 5.63. The number of nitrogens with one attached hydrogen (secondary N) is 1. The number of nitrogens with zero attached hydrogens (tertiary/aromatic N) is 2. The number of hydrogen-bond donors (Lipinski definition) is 2. The van der Waals surface area contributed by atoms with Gasteiger partial charge in [0.05, 0.1) is 22.5 Å². The molecule has 0 fully saturated rings. The van der Waals surface area contributed by atoms with Crippen molar-refractivity contribution in [1.29, 1.82) is 0 Å². The van der Waals surface area contributed by atoms with Gasteiger partial charge >= 0.3 is 0 Å². The summed E-state index contributed by atoms with van der Waals surface area (Å²) in [7, 11) is -3.79. The fourth-order valence-corrected chi connectivity index (χ4v) is 4.66. The van der Waals surface area contributed by atoms with Crippen molar-refractivity contribution in [1.82, 2.24) is 9.55 Å². The Balaban J connectivity index is 1.54. The van der Waals surface area contributed by atoms with Gasteiger partial charge in [-0.3, -0.25) is 9.36 Å². The standard InChI is InChI=1S/C23H19ClN4O3S2/c24-17-7-4-8-19(13-17)28-21(16-5-2-1-3-6-16)14-26-23(28)32-15-22(29)27-18-9-11-20(12-10-18)33(25,30)31/h1-14H,15H2,(H,27,29)(H2,25,30,31). The number of thioether (sulfide) groups is 1. The molecule has 1 aromatic heterocycles. The van der Waals surface area contributed by atoms with Gasteiger partial charge in [-0.2, -0.15) is 0 Å². The van der Waals surface area contributed by atoms with Crippen molar-refractivity contribution in [2.24, 2.45) is 5.14 Å². The van der Waals surface area contributed by atoms with Crippen LogP contribution in [0.25, 0.3) is 16.9 Å². The fraction of sp³-hybridized carbons (Fsp3) is 0.0435. The molecule has 3 N–H and O–H groups in total. The number of hydrogen-bond acceptors (Lipinski definition) is 5. The van der Waals surface area contributed by atoms with Crippen molar-refractivity contribution in [3.8, 4) is 16.9 Å². The number of carbonyl (C=O) groups excluding carboxylic acids is 1. The highest BCUT2D eigenvalue weighted by Gasteiger charge is 2.16. The van der Waals surface area contributed by atoms with E-state index in [1.807, 2.05) is 53.1 Å². The monoisotopic (exact) mass is 498 g/mol. The van der Waals surface area contributed by atoms with E-state index in [9.17, 15) is 13.2 Å². The molecule has 0 saturated carbocycles. The van der Waals surface area contributed by atoms with Crippen molar-refractivity contribution < 1.29 is 13.2 Å². The van der Waals surface area contributed by atoms with Gasteiger partial charge in [-0.05, 0) is 42.5 Å². The lowest BCUT2D eigenvalue weighted by Gasteiger charge is -2.12. The van der Waals surface area contributed by atoms with Gasteiger partial charge in [0.25, 0.3) is 0 Å². The Labute approximate surface area is 200 Å². The maximum Gasteiger partial charge on any atom is 0.238 e. The lowest BCUT2D eigenvalue weighted by Crippen LogP contribution is -2.15. The van der Waals surface area contributed by atoms with Crippen molar-refractivity contribution in [3.05, 3.63) is 90.1 Å². The first-order valence-electron chi connectivity index (χ1n) is 9.76. The van der Waals surface area contributed by atoms with E-state index in [4.69, 9.17) is 16.7 Å². The van der Waals surface area contributed by atoms with Gasteiger partial charge in [0.1, 0.15) is 0 Å². The van der Waals surface area contributed by atoms with Crippen LogP contribution in [0.2, 0.25) is 5.02 Å². The van der Waals surface area contributed by atoms with Crippen LogP contribution in [0.15, 0.2) is 95.1 Å². The zero-order chi connectivity index (χ0) is 23.4. The van der Waals surface area contributed by atoms with E-state index in [0.29, 0.717) is 15.9 Å². The highest BCUT2D eigenvalue weighted by Crippen LogP contribution is 2.30. The number of amides is 1. The number of anilines is 1. The van der Waals surface area contributed by atoms with Gasteiger partial charge in [0.2, 0.25) is 15.9 Å². The summed E-state index contributed by atoms with van der Waals surface area (Å²) in [6.45, 7) is 0. The maximum absolute atomic E-state index is 12.5. The summed E-state index contributed by atoms with van der Waals surface area (Å²) in [4.78, 5) is 17.0. The summed E-state index contributed by atoms with van der Waals surface area (Å²) in [5.74, 6) is -0.159. The molecule has 1 heterocycles. The molecule has 0 bridgehead atoms. The number of benzene rings is 3. The molecule has 168 valence electrons. The molecule has 4 aromatic rings. The number of imidazole rings is 1. The topological polar surface area (TPSA) is 107 Å². The fourth-order valence-electron chi connectivity index (χ4n) is 3.17. The highest BCUT2D eigenvalue weighted by molar-refractivity contribution is 7.99. The third-order valence-corrected chi connectivity index (χ3v) is 6.78. The molecule has 0 radical (unpaired) electrons. The van der Waals surface area contributed by atoms with Crippen molar-refractivity contribution >= 4 is 45.0 Å². The van der Waals surface area contributed by atoms with E-state index in [-0.39, 0.29) is 16.6 Å². The van der Waals surface area contributed by atoms with Crippen LogP contribution >= 0.6 is 23.4 Å². The summed E-state index contributed by atoms with van der Waals surface area (Å²) in [6, 6.07) is 22.9. The van der Waals surface area contributed by atoms with Crippen LogP contribution in [0.1, 0.15) is 0 Å². The first kappa shape index (κ1) is 23.1. The van der Waals surface area contributed by atoms with Gasteiger partial charge in [-0.1, -0.05) is 59.8 Å². The van der Waals surface area contributed by atoms with Gasteiger partial charge in [-0.25, -0.2) is 18.5 Å². The Morgan fingerprint density at radius 2 is 1.76 bits per heavy atom. The summed E-state index contributed by atoms with van der Waals surface area (Å²) in [6.07, 6.45) is 1.77. The number of primary sulfonamides is 1. The van der Waals surface area contributed by atoms with E-state index in [1.54, 1.807) is 12.3 Å². The molecule has 33 heavy (non-hydrogen) atoms. The molecule has 10 heteroatoms. The largest absolute Gasteiger partial charge is 0.325 e. The predicted molar refractivity (Wildman–Crippen MR) is 131 cm³/mol. The SMILES string of the molecule is NS(=O)(=O)c1ccc(NC(=O)CSc2ncc(-c3ccccc3)n2-c2cccc(Cl)c2)cc1. The van der Waals surface area contributed by atoms with E-state index in [0.717, 1.165) is 16.9 Å². The number of carbonyl (C=O) groups is 1. The number of nitrogens with two attached hydrogens (primary N) is 1. The zero-order valence-electron chi connectivity index (χ0n) is 17.2. The zero-order valence-corrected chi connectivity index (χ0v) is 19.6. The summed E-state index contributed by atoms with van der Waals surface area (Å²) in [5, 5.41) is 9.07. The van der Waals surface area contributed by atoms with E-state index in [2.05, 4.69) is 10.3 Å². The summed E-state index contributed by atoms with van der Waals surface area (Å²) >= 11 is 7.50. The summed E-state index contributed by atoms with van der Waals surface area (Å²) in [5.41, 5.74) is 3.16. The lowest BCUT2D eigenvalue weighted by molar-refractivity contribution is -0.113. The Hall–Kier alpha value is -3.11. The first-order valence-corrected chi connectivity index (χ1v) is 12.7. The second kappa shape index (κ2) is 9.80. The molecule has 0 atom stereocenters. The number of rotatable bonds is 7. The Morgan fingerprint density at radius 3 is 2.42 bits per heavy atom. The van der Waals surface area contributed by atoms with Gasteiger partial charge < -0.3 is 5.32 Å². The minimum absolute atomic E-state index is 0.0214. The van der Waals surface area contributed by atoms with Crippen LogP contribution in [-0.2, 0) is 14.8 Å². The van der Waals surface area contributed by atoms with Gasteiger partial charge in [0.15, 0.2) is 5.16 Å². The second-order valence-corrected chi connectivity index (χ2v) is 9.95. The van der Waals surface area contributed by atoms with Crippen LogP contribution in [0.4, 0.5) is 5.69 Å². The van der Waals surface area contributed by atoms with E-state index < -0.39 is 10.0 Å². The molecular weight excluding hydrogens is 480 g/mol. The Morgan fingerprint density at radius 1 is 1.03 bits per heavy atom. The van der Waals surface area contributed by atoms with Crippen molar-refractivity contribution in [2.45, 2.75) is 10.1 Å². The normalized spacial score (nSPS) is 11.3. The molecule has 1 amide bonds. The van der Waals surface area contributed by atoms with Crippen LogP contribution in [-0.4, -0.2) is 29.6 Å². The van der Waals surface area contributed by atoms with Gasteiger partial charge in [0, 0.05) is 22.0 Å². The molecule has 7 nitrogen and oxygen atoms in total. The van der Waals surface area contributed by atoms with Crippen molar-refractivity contribution in [2.75, 3.05) is 11.1 Å². The smallest absolute Gasteiger partial charge is 0.238 e. The van der Waals surface area contributed by atoms with Crippen LogP contribution in [0.5, 0.6) is 0 Å². The molecule has 0 aliphatic carbocycles. The van der Waals surface area contributed by atoms with E-state index >= 15 is 0 Å². The third-order valence-electron chi connectivity index (χ3n) is 4.66. The molecule has 0 spiro atoms. The van der Waals surface area contributed by atoms with Crippen LogP contribution in [0.3, 0.4) is 0 Å². The molecule has 0 aliphatic heterocycles. The average Bonchev–Trinajstić information content (AvgIpc) is 3.22. The lowest BCUT2D eigenvalue weighted by atomic mass is 10.1. The number of halogens is 1. The highest BCUT2D eigenvalue weighted by atomic mass is 35.5. The average molecular weight is 499 g/mol. The first-order chi connectivity index (χ1) is 15.8. The number of aromatic nitrogens is 2. The predicted octanol–water partition coefficient (Wildman–Crippen LogP) is 4.57. The quantitative estimate of drug-likeness (QED) is 0.363. The Kier molecular flexibility index (Phi) is 6.85. The Bertz CT molecular complexity index is 1390. The van der Waals surface area contributed by atoms with E-state index in [1.165, 1.54) is 36.0 Å². The molecule has 0 unspecified atom stereocenters. The molecule has 3 aromatic carbocycles. The molecule has 4 rings (SSSR count). The maximum atomic E-state index is 12.5. The van der Waals surface area contributed by atoms with Crippen molar-refractivity contribution in [3.63, 3.8) is 0 Å². The molecular formula is C23H19ClN4O3S2. The molecule has 0 aliphatic rings. The number of sulfonamides is 1. The molecule has 0 saturated heterocycles. The minimum atomic E-state index is -3.79. The summed E-state index contributed by atoms with van der Waals surface area (Å²) < 4.78 is 24.7. The second-order valence-electron chi connectivity index (χ2n) is 7.01. The minimum Gasteiger partial charge on any atom is -0.325 e.